The first-order chi connectivity index (χ1) is 11.1. The van der Waals surface area contributed by atoms with Gasteiger partial charge in [-0.15, -0.1) is 0 Å². The molecule has 1 aliphatic rings. The fraction of sp³-hybridized carbons (Fsp3) is 0.688. The molecular weight excluding hydrogens is 334 g/mol. The highest BCUT2D eigenvalue weighted by Gasteiger charge is 2.43. The fourth-order valence-corrected chi connectivity index (χ4v) is 2.98. The third-order valence-corrected chi connectivity index (χ3v) is 4.25. The Kier molecular flexibility index (Phi) is 5.42. The lowest BCUT2D eigenvalue weighted by Gasteiger charge is -2.24. The maximum atomic E-state index is 12.4. The largest absolute Gasteiger partial charge is 0.449 e. The van der Waals surface area contributed by atoms with Gasteiger partial charge >= 0.3 is 12.1 Å². The second-order valence-corrected chi connectivity index (χ2v) is 7.20. The van der Waals surface area contributed by atoms with Crippen LogP contribution in [0, 0.1) is 12.8 Å². The maximum absolute atomic E-state index is 12.4. The molecule has 0 aromatic carbocycles. The molecule has 0 saturated carbocycles. The Morgan fingerprint density at radius 3 is 2.54 bits per heavy atom. The van der Waals surface area contributed by atoms with E-state index in [1.807, 2.05) is 34.7 Å². The summed E-state index contributed by atoms with van der Waals surface area (Å²) in [5.41, 5.74) is 1.29. The van der Waals surface area contributed by atoms with E-state index in [1.165, 1.54) is 0 Å². The molecule has 2 unspecified atom stereocenters. The minimum absolute atomic E-state index is 0.193. The Labute approximate surface area is 146 Å². The highest BCUT2D eigenvalue weighted by molar-refractivity contribution is 6.17. The first-order valence-electron chi connectivity index (χ1n) is 7.83. The van der Waals surface area contributed by atoms with Crippen LogP contribution in [0.25, 0.3) is 0 Å². The van der Waals surface area contributed by atoms with Crippen LogP contribution < -0.4 is 0 Å². The number of rotatable bonds is 3. The van der Waals surface area contributed by atoms with Gasteiger partial charge in [0.15, 0.2) is 6.07 Å². The zero-order valence-electron chi connectivity index (χ0n) is 14.7. The summed E-state index contributed by atoms with van der Waals surface area (Å²) in [5.74, 6) is -1.09. The van der Waals surface area contributed by atoms with E-state index < -0.39 is 23.6 Å². The Bertz CT molecular complexity index is 623. The van der Waals surface area contributed by atoms with Crippen LogP contribution in [0.15, 0.2) is 6.20 Å². The number of halogens is 1. The minimum Gasteiger partial charge on any atom is -0.449 e. The van der Waals surface area contributed by atoms with Crippen molar-refractivity contribution in [2.24, 2.45) is 13.0 Å². The molecule has 0 aliphatic carbocycles. The van der Waals surface area contributed by atoms with E-state index in [4.69, 9.17) is 21.1 Å². The summed E-state index contributed by atoms with van der Waals surface area (Å²) in [6.45, 7) is 7.98. The highest BCUT2D eigenvalue weighted by atomic mass is 35.5. The summed E-state index contributed by atoms with van der Waals surface area (Å²) in [6.07, 6.45) is 1.30. The second kappa shape index (κ2) is 7.01. The lowest BCUT2D eigenvalue weighted by molar-refractivity contribution is -0.146. The van der Waals surface area contributed by atoms with Crippen LogP contribution in [0.2, 0.25) is 0 Å². The zero-order chi connectivity index (χ0) is 18.1. The van der Waals surface area contributed by atoms with Crippen LogP contribution in [-0.2, 0) is 21.3 Å². The van der Waals surface area contributed by atoms with Gasteiger partial charge in [-0.25, -0.2) is 4.79 Å². The van der Waals surface area contributed by atoms with Gasteiger partial charge in [-0.05, 0) is 33.3 Å². The molecule has 134 valence electrons. The number of carbonyl (C=O) groups excluding carboxylic acids is 2. The summed E-state index contributed by atoms with van der Waals surface area (Å²) >= 11 is 5.53. The molecule has 0 bridgehead atoms. The Balaban J connectivity index is 2.24. The maximum Gasteiger partial charge on any atom is 0.410 e. The van der Waals surface area contributed by atoms with Gasteiger partial charge in [-0.3, -0.25) is 9.48 Å². The summed E-state index contributed by atoms with van der Waals surface area (Å²) < 4.78 is 12.1. The Morgan fingerprint density at radius 2 is 2.04 bits per heavy atom. The number of aryl methyl sites for hydroxylation is 1. The summed E-state index contributed by atoms with van der Waals surface area (Å²) in [4.78, 5) is 26.2. The molecule has 0 N–H and O–H groups in total. The lowest BCUT2D eigenvalue weighted by atomic mass is 9.89. The molecule has 1 aromatic heterocycles. The molecule has 7 nitrogen and oxygen atoms in total. The number of nitrogens with zero attached hydrogens (tertiary/aromatic N) is 3. The van der Waals surface area contributed by atoms with E-state index in [-0.39, 0.29) is 18.5 Å². The van der Waals surface area contributed by atoms with Crippen LogP contribution >= 0.6 is 11.6 Å². The molecule has 0 radical (unpaired) electrons. The van der Waals surface area contributed by atoms with E-state index in [1.54, 1.807) is 15.8 Å². The van der Waals surface area contributed by atoms with Crippen molar-refractivity contribution in [3.8, 4) is 0 Å². The van der Waals surface area contributed by atoms with Gasteiger partial charge in [0, 0.05) is 31.7 Å². The van der Waals surface area contributed by atoms with E-state index in [0.717, 1.165) is 11.3 Å². The molecule has 0 spiro atoms. The molecule has 24 heavy (non-hydrogen) atoms. The minimum atomic E-state index is -0.592. The Hall–Kier alpha value is -1.76. The van der Waals surface area contributed by atoms with Gasteiger partial charge in [-0.1, -0.05) is 11.6 Å². The number of alkyl halides is 1. The van der Waals surface area contributed by atoms with Crippen LogP contribution in [0.4, 0.5) is 4.79 Å². The van der Waals surface area contributed by atoms with Crippen molar-refractivity contribution < 1.29 is 19.1 Å². The molecule has 1 aliphatic heterocycles. The number of carbonyl (C=O) groups is 2. The monoisotopic (exact) mass is 357 g/mol. The quantitative estimate of drug-likeness (QED) is 0.613. The first-order valence-corrected chi connectivity index (χ1v) is 8.36. The zero-order valence-corrected chi connectivity index (χ0v) is 15.5. The topological polar surface area (TPSA) is 73.7 Å². The number of ether oxygens (including phenoxy) is 2. The van der Waals surface area contributed by atoms with E-state index in [0.29, 0.717) is 6.54 Å². The number of esters is 1. The molecule has 1 saturated heterocycles. The van der Waals surface area contributed by atoms with Gasteiger partial charge < -0.3 is 14.4 Å². The van der Waals surface area contributed by atoms with Crippen LogP contribution in [-0.4, -0.2) is 51.5 Å². The number of aromatic nitrogens is 2. The number of amides is 1. The van der Waals surface area contributed by atoms with Gasteiger partial charge in [0.05, 0.1) is 12.1 Å². The fourth-order valence-electron chi connectivity index (χ4n) is 2.87. The van der Waals surface area contributed by atoms with Crippen molar-refractivity contribution >= 4 is 23.7 Å². The van der Waals surface area contributed by atoms with Crippen LogP contribution in [0.1, 0.15) is 37.9 Å². The molecule has 2 atom stereocenters. The molecular formula is C16H24ClN3O4. The number of likely N-dealkylation sites (tertiary alicyclic amines) is 1. The average molecular weight is 358 g/mol. The molecule has 1 fully saturated rings. The highest BCUT2D eigenvalue weighted by Crippen LogP contribution is 2.35. The third kappa shape index (κ3) is 4.01. The average Bonchev–Trinajstić information content (AvgIpc) is 3.03. The van der Waals surface area contributed by atoms with Gasteiger partial charge in [-0.2, -0.15) is 5.10 Å². The number of hydrogen-bond donors (Lipinski definition) is 0. The summed E-state index contributed by atoms with van der Waals surface area (Å²) in [6, 6.07) is -0.208. The van der Waals surface area contributed by atoms with E-state index >= 15 is 0 Å². The molecule has 2 rings (SSSR count). The van der Waals surface area contributed by atoms with Crippen molar-refractivity contribution in [2.45, 2.75) is 39.2 Å². The smallest absolute Gasteiger partial charge is 0.410 e. The predicted molar refractivity (Wildman–Crippen MR) is 88.8 cm³/mol. The molecule has 1 amide bonds. The van der Waals surface area contributed by atoms with E-state index in [2.05, 4.69) is 5.10 Å². The van der Waals surface area contributed by atoms with Crippen molar-refractivity contribution in [1.82, 2.24) is 14.7 Å². The Morgan fingerprint density at radius 1 is 1.38 bits per heavy atom. The predicted octanol–water partition coefficient (Wildman–Crippen LogP) is 2.42. The van der Waals surface area contributed by atoms with Gasteiger partial charge in [0.1, 0.15) is 5.60 Å². The number of hydrogen-bond acceptors (Lipinski definition) is 5. The SMILES string of the molecule is Cc1c(C2CN(C(=O)OC(C)(C)C)CC2C(=O)OCCl)cnn1C. The van der Waals surface area contributed by atoms with Crippen molar-refractivity contribution in [3.63, 3.8) is 0 Å². The molecule has 8 heteroatoms. The van der Waals surface area contributed by atoms with Crippen molar-refractivity contribution in [2.75, 3.05) is 19.2 Å². The van der Waals surface area contributed by atoms with Crippen LogP contribution in [0.5, 0.6) is 0 Å². The van der Waals surface area contributed by atoms with Crippen molar-refractivity contribution in [3.05, 3.63) is 17.5 Å². The molecule has 2 heterocycles. The second-order valence-electron chi connectivity index (χ2n) is 6.98. The summed E-state index contributed by atoms with van der Waals surface area (Å²) in [5, 5.41) is 4.23. The van der Waals surface area contributed by atoms with Gasteiger partial charge in [0.2, 0.25) is 0 Å². The lowest BCUT2D eigenvalue weighted by Crippen LogP contribution is -2.36. The van der Waals surface area contributed by atoms with Crippen LogP contribution in [0.3, 0.4) is 0 Å². The van der Waals surface area contributed by atoms with Gasteiger partial charge in [0.25, 0.3) is 0 Å². The summed E-state index contributed by atoms with van der Waals surface area (Å²) in [7, 11) is 1.84. The molecule has 1 aromatic rings. The first kappa shape index (κ1) is 18.6. The normalized spacial score (nSPS) is 21.0. The standard InChI is InChI=1S/C16H24ClN3O4/c1-10-11(6-18-19(10)5)12-7-20(15(22)24-16(2,3)4)8-13(12)14(21)23-9-17/h6,12-13H,7-9H2,1-5H3. The van der Waals surface area contributed by atoms with Crippen molar-refractivity contribution in [1.29, 1.82) is 0 Å². The third-order valence-electron chi connectivity index (χ3n) is 4.14. The van der Waals surface area contributed by atoms with E-state index in [9.17, 15) is 9.59 Å².